The molecule has 0 spiro atoms. The summed E-state index contributed by atoms with van der Waals surface area (Å²) < 4.78 is 114. The highest BCUT2D eigenvalue weighted by atomic mass is 127. The van der Waals surface area contributed by atoms with E-state index < -0.39 is 49.9 Å². The first-order chi connectivity index (χ1) is 10.2. The topological polar surface area (TPSA) is 47.6 Å². The van der Waals surface area contributed by atoms with Gasteiger partial charge < -0.3 is 0 Å². The van der Waals surface area contributed by atoms with Crippen LogP contribution in [0.2, 0.25) is 0 Å². The van der Waals surface area contributed by atoms with E-state index in [9.17, 15) is 39.5 Å². The van der Waals surface area contributed by atoms with Gasteiger partial charge in [0, 0.05) is 3.57 Å². The summed E-state index contributed by atoms with van der Waals surface area (Å²) in [6.45, 7) is 0. The number of halogens is 10. The van der Waals surface area contributed by atoms with Crippen molar-refractivity contribution in [2.75, 3.05) is 0 Å². The van der Waals surface area contributed by atoms with Crippen molar-refractivity contribution in [3.63, 3.8) is 0 Å². The summed E-state index contributed by atoms with van der Waals surface area (Å²) >= 11 is 0.525. The minimum absolute atomic E-state index is 0.525. The SMILES string of the molecule is N#Cc1c(C(F)(F)F)c(I)c(C(F)(F)F)c(C#N)c1C(F)(F)F. The number of nitriles is 2. The van der Waals surface area contributed by atoms with E-state index in [4.69, 9.17) is 10.5 Å². The molecule has 12 heteroatoms. The highest BCUT2D eigenvalue weighted by molar-refractivity contribution is 14.1. The molecule has 124 valence electrons. The summed E-state index contributed by atoms with van der Waals surface area (Å²) in [5, 5.41) is 17.2. The van der Waals surface area contributed by atoms with Gasteiger partial charge in [-0.2, -0.15) is 50.0 Å². The van der Waals surface area contributed by atoms with E-state index in [0.29, 0.717) is 34.7 Å². The summed E-state index contributed by atoms with van der Waals surface area (Å²) in [6, 6.07) is 1.22. The number of hydrogen-bond acceptors (Lipinski definition) is 2. The second-order valence-electron chi connectivity index (χ2n) is 3.91. The Bertz CT molecular complexity index is 676. The van der Waals surface area contributed by atoms with Crippen molar-refractivity contribution in [3.8, 4) is 12.1 Å². The van der Waals surface area contributed by atoms with E-state index in [-0.39, 0.29) is 0 Å². The van der Waals surface area contributed by atoms with Gasteiger partial charge in [-0.25, -0.2) is 0 Å². The Labute approximate surface area is 135 Å². The van der Waals surface area contributed by atoms with Gasteiger partial charge >= 0.3 is 18.5 Å². The lowest BCUT2D eigenvalue weighted by molar-refractivity contribution is -0.150. The largest absolute Gasteiger partial charge is 0.418 e. The monoisotopic (exact) mass is 458 g/mol. The number of hydrogen-bond donors (Lipinski definition) is 0. The van der Waals surface area contributed by atoms with E-state index in [1.807, 2.05) is 0 Å². The first-order valence-corrected chi connectivity index (χ1v) is 6.17. The highest BCUT2D eigenvalue weighted by Crippen LogP contribution is 2.48. The minimum atomic E-state index is -5.76. The molecular formula is C11F9IN2. The number of rotatable bonds is 0. The molecule has 0 aliphatic carbocycles. The molecule has 23 heavy (non-hydrogen) atoms. The zero-order chi connectivity index (χ0) is 18.4. The van der Waals surface area contributed by atoms with Gasteiger partial charge in [0.2, 0.25) is 0 Å². The molecule has 1 rings (SSSR count). The van der Waals surface area contributed by atoms with E-state index in [1.165, 1.54) is 0 Å². The van der Waals surface area contributed by atoms with Gasteiger partial charge in [0.25, 0.3) is 0 Å². The predicted molar refractivity (Wildman–Crippen MR) is 63.6 cm³/mol. The van der Waals surface area contributed by atoms with Crippen LogP contribution in [0.3, 0.4) is 0 Å². The average Bonchev–Trinajstić information content (AvgIpc) is 2.31. The Hall–Kier alpha value is -1.70. The van der Waals surface area contributed by atoms with Crippen molar-refractivity contribution in [3.05, 3.63) is 31.4 Å². The third kappa shape index (κ3) is 3.46. The second-order valence-corrected chi connectivity index (χ2v) is 4.98. The van der Waals surface area contributed by atoms with Crippen molar-refractivity contribution in [1.82, 2.24) is 0 Å². The van der Waals surface area contributed by atoms with Crippen molar-refractivity contribution in [2.24, 2.45) is 0 Å². The molecule has 0 heterocycles. The van der Waals surface area contributed by atoms with Gasteiger partial charge in [0.05, 0.1) is 27.8 Å². The molecular weight excluding hydrogens is 458 g/mol. The molecule has 0 aromatic heterocycles. The van der Waals surface area contributed by atoms with Gasteiger partial charge in [0.15, 0.2) is 0 Å². The molecule has 1 aromatic rings. The number of alkyl halides is 9. The van der Waals surface area contributed by atoms with Crippen LogP contribution < -0.4 is 0 Å². The van der Waals surface area contributed by atoms with Crippen LogP contribution >= 0.6 is 22.6 Å². The van der Waals surface area contributed by atoms with Crippen molar-refractivity contribution in [2.45, 2.75) is 18.5 Å². The first-order valence-electron chi connectivity index (χ1n) is 5.09. The Morgan fingerprint density at radius 3 is 1.04 bits per heavy atom. The molecule has 0 bridgehead atoms. The van der Waals surface area contributed by atoms with Crippen LogP contribution in [0.15, 0.2) is 0 Å². The average molecular weight is 458 g/mol. The van der Waals surface area contributed by atoms with Gasteiger partial charge in [-0.05, 0) is 22.6 Å². The van der Waals surface area contributed by atoms with Crippen LogP contribution in [0.5, 0.6) is 0 Å². The van der Waals surface area contributed by atoms with Crippen LogP contribution in [0.25, 0.3) is 0 Å². The zero-order valence-corrected chi connectivity index (χ0v) is 12.3. The lowest BCUT2D eigenvalue weighted by Gasteiger charge is -2.22. The molecule has 0 aliphatic heterocycles. The molecule has 0 atom stereocenters. The fourth-order valence-electron chi connectivity index (χ4n) is 1.76. The third-order valence-electron chi connectivity index (χ3n) is 2.51. The van der Waals surface area contributed by atoms with Crippen LogP contribution in [-0.4, -0.2) is 0 Å². The van der Waals surface area contributed by atoms with Crippen molar-refractivity contribution in [1.29, 1.82) is 10.5 Å². The van der Waals surface area contributed by atoms with Crippen LogP contribution in [0.4, 0.5) is 39.5 Å². The minimum Gasteiger partial charge on any atom is -0.192 e. The third-order valence-corrected chi connectivity index (χ3v) is 3.59. The highest BCUT2D eigenvalue weighted by Gasteiger charge is 2.50. The van der Waals surface area contributed by atoms with E-state index in [2.05, 4.69) is 0 Å². The van der Waals surface area contributed by atoms with E-state index >= 15 is 0 Å². The number of benzene rings is 1. The van der Waals surface area contributed by atoms with Gasteiger partial charge in [0.1, 0.15) is 12.1 Å². The van der Waals surface area contributed by atoms with Crippen LogP contribution in [-0.2, 0) is 18.5 Å². The lowest BCUT2D eigenvalue weighted by Crippen LogP contribution is -2.24. The molecule has 0 N–H and O–H groups in total. The van der Waals surface area contributed by atoms with Crippen molar-refractivity contribution >= 4 is 22.6 Å². The molecule has 0 saturated heterocycles. The number of nitrogens with zero attached hydrogens (tertiary/aromatic N) is 2. The Morgan fingerprint density at radius 2 is 0.870 bits per heavy atom. The molecule has 0 radical (unpaired) electrons. The maximum absolute atomic E-state index is 12.9. The van der Waals surface area contributed by atoms with Crippen LogP contribution in [0, 0.1) is 26.2 Å². The standard InChI is InChI=1S/C11F9IN2/c12-9(13,14)5-3(1-22)6(10(15,16)17)8(21)7(4(5)2-23)11(18,19)20. The summed E-state index contributed by atoms with van der Waals surface area (Å²) in [5.74, 6) is 0. The first kappa shape index (κ1) is 19.3. The molecule has 2 nitrogen and oxygen atoms in total. The Balaban J connectivity index is 4.31. The van der Waals surface area contributed by atoms with Gasteiger partial charge in [-0.3, -0.25) is 0 Å². The normalized spacial score (nSPS) is 12.7. The smallest absolute Gasteiger partial charge is 0.192 e. The molecule has 0 aliphatic rings. The summed E-state index contributed by atoms with van der Waals surface area (Å²) in [7, 11) is 0. The van der Waals surface area contributed by atoms with E-state index in [0.717, 1.165) is 0 Å². The van der Waals surface area contributed by atoms with Crippen LogP contribution in [0.1, 0.15) is 27.8 Å². The maximum atomic E-state index is 12.9. The lowest BCUT2D eigenvalue weighted by atomic mass is 9.91. The summed E-state index contributed by atoms with van der Waals surface area (Å²) in [4.78, 5) is 0. The Morgan fingerprint density at radius 1 is 0.609 bits per heavy atom. The quantitative estimate of drug-likeness (QED) is 0.402. The zero-order valence-electron chi connectivity index (χ0n) is 10.2. The van der Waals surface area contributed by atoms with Gasteiger partial charge in [-0.15, -0.1) is 0 Å². The van der Waals surface area contributed by atoms with Gasteiger partial charge in [-0.1, -0.05) is 0 Å². The summed E-state index contributed by atoms with van der Waals surface area (Å²) in [5.41, 5.74) is -11.4. The summed E-state index contributed by atoms with van der Waals surface area (Å²) in [6.07, 6.45) is -17.1. The molecule has 0 amide bonds. The molecule has 0 saturated carbocycles. The maximum Gasteiger partial charge on any atom is 0.418 e. The van der Waals surface area contributed by atoms with Crippen molar-refractivity contribution < 1.29 is 39.5 Å². The molecule has 0 unspecified atom stereocenters. The molecule has 1 aromatic carbocycles. The Kier molecular flexibility index (Phi) is 4.83. The fraction of sp³-hybridized carbons (Fsp3) is 0.273. The second kappa shape index (κ2) is 5.74. The fourth-order valence-corrected chi connectivity index (χ4v) is 2.91. The predicted octanol–water partition coefficient (Wildman–Crippen LogP) is 5.09. The molecule has 0 fully saturated rings. The van der Waals surface area contributed by atoms with E-state index in [1.54, 1.807) is 0 Å².